The van der Waals surface area contributed by atoms with Crippen LogP contribution in [0.2, 0.25) is 0 Å². The summed E-state index contributed by atoms with van der Waals surface area (Å²) in [6.07, 6.45) is -0.944. The number of alkyl halides is 1. The Labute approximate surface area is 114 Å². The Bertz CT molecular complexity index is 499. The number of hydrogen-bond acceptors (Lipinski definition) is 7. The van der Waals surface area contributed by atoms with E-state index >= 15 is 0 Å². The van der Waals surface area contributed by atoms with Gasteiger partial charge in [-0.15, -0.1) is 16.7 Å². The zero-order valence-corrected chi connectivity index (χ0v) is 10.7. The molecule has 0 saturated heterocycles. The number of hydrogen-bond donors (Lipinski definition) is 2. The fourth-order valence-electron chi connectivity index (χ4n) is 1.89. The maximum atomic E-state index is 10.2. The largest absolute Gasteiger partial charge is 0.454 e. The molecule has 0 radical (unpaired) electrons. The van der Waals surface area contributed by atoms with Crippen molar-refractivity contribution in [3.63, 3.8) is 0 Å². The van der Waals surface area contributed by atoms with Gasteiger partial charge in [0, 0.05) is 0 Å². The normalized spacial score (nSPS) is 22.0. The summed E-state index contributed by atoms with van der Waals surface area (Å²) in [6, 6.07) is 5.34. The van der Waals surface area contributed by atoms with Crippen LogP contribution in [0.1, 0.15) is 11.7 Å². The van der Waals surface area contributed by atoms with Crippen molar-refractivity contribution in [2.75, 3.05) is 19.2 Å². The van der Waals surface area contributed by atoms with Gasteiger partial charge >= 0.3 is 0 Å². The first kappa shape index (κ1) is 12.5. The molecule has 19 heavy (non-hydrogen) atoms. The monoisotopic (exact) mass is 284 g/mol. The summed E-state index contributed by atoms with van der Waals surface area (Å²) in [5.74, 6) is 1.67. The third-order valence-corrected chi connectivity index (χ3v) is 3.16. The summed E-state index contributed by atoms with van der Waals surface area (Å²) < 4.78 is 10.5. The standard InChI is InChI=1S/C11H13ClN4O3/c12-4-11-13-15-16(14-11)5-8(17)7-1-2-9-10(3-7)19-6-18-9/h1-3,8,11,14,17H,4-6H2/t8-,11?/m0/s1. The fraction of sp³-hybridized carbons (Fsp3) is 0.455. The Kier molecular flexibility index (Phi) is 3.41. The second-order valence-corrected chi connectivity index (χ2v) is 4.52. The second-order valence-electron chi connectivity index (χ2n) is 4.21. The molecule has 2 aliphatic heterocycles. The van der Waals surface area contributed by atoms with Crippen LogP contribution >= 0.6 is 11.6 Å². The average Bonchev–Trinajstić information content (AvgIpc) is 3.05. The van der Waals surface area contributed by atoms with Gasteiger partial charge in [-0.25, -0.2) is 5.12 Å². The molecule has 8 heteroatoms. The van der Waals surface area contributed by atoms with Crippen molar-refractivity contribution >= 4 is 11.6 Å². The number of rotatable bonds is 4. The number of fused-ring (bicyclic) bond motifs is 1. The van der Waals surface area contributed by atoms with E-state index in [1.54, 1.807) is 18.2 Å². The van der Waals surface area contributed by atoms with Crippen molar-refractivity contribution in [1.82, 2.24) is 10.5 Å². The van der Waals surface area contributed by atoms with Gasteiger partial charge in [0.1, 0.15) is 0 Å². The zero-order chi connectivity index (χ0) is 13.2. The van der Waals surface area contributed by atoms with Gasteiger partial charge in [0.15, 0.2) is 17.7 Å². The molecule has 0 spiro atoms. The SMILES string of the molecule is O[C@@H](CN1N=NC(CCl)N1)c1ccc2c(c1)OCO2. The van der Waals surface area contributed by atoms with Crippen molar-refractivity contribution in [1.29, 1.82) is 0 Å². The van der Waals surface area contributed by atoms with E-state index < -0.39 is 6.10 Å². The minimum absolute atomic E-state index is 0.216. The van der Waals surface area contributed by atoms with Crippen molar-refractivity contribution in [3.05, 3.63) is 23.8 Å². The molecule has 7 nitrogen and oxygen atoms in total. The highest BCUT2D eigenvalue weighted by Gasteiger charge is 2.22. The van der Waals surface area contributed by atoms with Gasteiger partial charge in [-0.2, -0.15) is 5.43 Å². The number of hydrazine groups is 1. The van der Waals surface area contributed by atoms with Crippen LogP contribution in [0.4, 0.5) is 0 Å². The van der Waals surface area contributed by atoms with E-state index in [1.165, 1.54) is 5.12 Å². The lowest BCUT2D eigenvalue weighted by Crippen LogP contribution is -2.38. The number of aliphatic hydroxyl groups excluding tert-OH is 1. The first-order valence-electron chi connectivity index (χ1n) is 5.84. The molecule has 0 amide bonds. The molecule has 0 aromatic heterocycles. The number of aliphatic hydroxyl groups is 1. The molecule has 0 saturated carbocycles. The van der Waals surface area contributed by atoms with Gasteiger partial charge in [-0.1, -0.05) is 11.3 Å². The van der Waals surface area contributed by atoms with Gasteiger partial charge in [-0.05, 0) is 17.7 Å². The smallest absolute Gasteiger partial charge is 0.231 e. The number of nitrogens with one attached hydrogen (secondary N) is 1. The van der Waals surface area contributed by atoms with E-state index in [0.717, 1.165) is 5.56 Å². The highest BCUT2D eigenvalue weighted by atomic mass is 35.5. The Morgan fingerprint density at radius 1 is 1.47 bits per heavy atom. The van der Waals surface area contributed by atoms with Gasteiger partial charge in [-0.3, -0.25) is 0 Å². The summed E-state index contributed by atoms with van der Waals surface area (Å²) in [7, 11) is 0. The average molecular weight is 285 g/mol. The number of nitrogens with zero attached hydrogens (tertiary/aromatic N) is 3. The van der Waals surface area contributed by atoms with Crippen LogP contribution in [-0.2, 0) is 0 Å². The maximum Gasteiger partial charge on any atom is 0.231 e. The molecule has 1 unspecified atom stereocenters. The Morgan fingerprint density at radius 2 is 2.32 bits per heavy atom. The predicted octanol–water partition coefficient (Wildman–Crippen LogP) is 1.20. The van der Waals surface area contributed by atoms with Crippen LogP contribution in [-0.4, -0.2) is 35.6 Å². The number of β-amino-alcohol motifs (C(OH)–C–C–N with tert-alkyl or cyclic N) is 1. The maximum absolute atomic E-state index is 10.2. The topological polar surface area (TPSA) is 78.7 Å². The lowest BCUT2D eigenvalue weighted by atomic mass is 10.1. The Balaban J connectivity index is 1.64. The van der Waals surface area contributed by atoms with Crippen LogP contribution in [0.5, 0.6) is 11.5 Å². The molecule has 3 rings (SSSR count). The van der Waals surface area contributed by atoms with E-state index in [-0.39, 0.29) is 19.5 Å². The Morgan fingerprint density at radius 3 is 3.11 bits per heavy atom. The van der Waals surface area contributed by atoms with Gasteiger partial charge in [0.25, 0.3) is 0 Å². The van der Waals surface area contributed by atoms with Crippen LogP contribution < -0.4 is 14.9 Å². The van der Waals surface area contributed by atoms with E-state index in [1.807, 2.05) is 0 Å². The van der Waals surface area contributed by atoms with Crippen LogP contribution in [0.15, 0.2) is 28.5 Å². The van der Waals surface area contributed by atoms with E-state index in [9.17, 15) is 5.11 Å². The Hall–Kier alpha value is -1.57. The molecular formula is C11H13ClN4O3. The van der Waals surface area contributed by atoms with Crippen molar-refractivity contribution in [2.24, 2.45) is 10.3 Å². The summed E-state index contributed by atoms with van der Waals surface area (Å²) in [5, 5.41) is 19.4. The minimum atomic E-state index is -0.713. The fourth-order valence-corrected chi connectivity index (χ4v) is 2.02. The third kappa shape index (κ3) is 2.58. The molecular weight excluding hydrogens is 272 g/mol. The molecule has 0 fully saturated rings. The summed E-state index contributed by atoms with van der Waals surface area (Å²) in [6.45, 7) is 0.491. The number of benzene rings is 1. The van der Waals surface area contributed by atoms with Crippen molar-refractivity contribution < 1.29 is 14.6 Å². The predicted molar refractivity (Wildman–Crippen MR) is 66.7 cm³/mol. The first-order valence-corrected chi connectivity index (χ1v) is 6.38. The lowest BCUT2D eigenvalue weighted by molar-refractivity contribution is 0.0901. The highest BCUT2D eigenvalue weighted by molar-refractivity contribution is 6.18. The van der Waals surface area contributed by atoms with Gasteiger partial charge < -0.3 is 14.6 Å². The number of ether oxygens (including phenoxy) is 2. The molecule has 0 aliphatic carbocycles. The molecule has 2 N–H and O–H groups in total. The summed E-state index contributed by atoms with van der Waals surface area (Å²) >= 11 is 5.65. The quantitative estimate of drug-likeness (QED) is 0.812. The second kappa shape index (κ2) is 5.20. The van der Waals surface area contributed by atoms with E-state index in [2.05, 4.69) is 15.8 Å². The summed E-state index contributed by atoms with van der Waals surface area (Å²) in [4.78, 5) is 0. The van der Waals surface area contributed by atoms with Crippen LogP contribution in [0.25, 0.3) is 0 Å². The molecule has 1 aromatic rings. The molecule has 0 bridgehead atoms. The zero-order valence-electron chi connectivity index (χ0n) is 9.99. The molecule has 2 heterocycles. The molecule has 2 atom stereocenters. The summed E-state index contributed by atoms with van der Waals surface area (Å²) in [5.41, 5.74) is 3.68. The number of halogens is 1. The highest BCUT2D eigenvalue weighted by Crippen LogP contribution is 2.34. The first-order chi connectivity index (χ1) is 9.26. The molecule has 102 valence electrons. The van der Waals surface area contributed by atoms with Crippen molar-refractivity contribution in [3.8, 4) is 11.5 Å². The van der Waals surface area contributed by atoms with Gasteiger partial charge in [0.05, 0.1) is 18.5 Å². The van der Waals surface area contributed by atoms with E-state index in [0.29, 0.717) is 17.4 Å². The van der Waals surface area contributed by atoms with E-state index in [4.69, 9.17) is 21.1 Å². The molecule has 1 aromatic carbocycles. The minimum Gasteiger partial charge on any atom is -0.454 e. The van der Waals surface area contributed by atoms with Crippen LogP contribution in [0, 0.1) is 0 Å². The van der Waals surface area contributed by atoms with Crippen molar-refractivity contribution in [2.45, 2.75) is 12.3 Å². The van der Waals surface area contributed by atoms with Gasteiger partial charge in [0.2, 0.25) is 6.79 Å². The van der Waals surface area contributed by atoms with Crippen LogP contribution in [0.3, 0.4) is 0 Å². The lowest BCUT2D eigenvalue weighted by Gasteiger charge is -2.18. The third-order valence-electron chi connectivity index (χ3n) is 2.87. The molecule has 2 aliphatic rings.